The third-order valence-electron chi connectivity index (χ3n) is 26.1. The van der Waals surface area contributed by atoms with Gasteiger partial charge in [-0.25, -0.2) is 4.98 Å². The number of nitrogens with one attached hydrogen (secondary N) is 1. The van der Waals surface area contributed by atoms with Crippen molar-refractivity contribution in [2.24, 2.45) is 4.99 Å². The number of rotatable bonds is 14. The molecule has 136 heavy (non-hydrogen) atoms. The van der Waals surface area contributed by atoms with E-state index in [4.69, 9.17) is 4.98 Å². The quantitative estimate of drug-likeness (QED) is 0.110. The third kappa shape index (κ3) is 14.5. The van der Waals surface area contributed by atoms with Crippen molar-refractivity contribution in [2.75, 3.05) is 6.54 Å². The third-order valence-corrected chi connectivity index (χ3v) is 26.1. The second-order valence-electron chi connectivity index (χ2n) is 33.9. The summed E-state index contributed by atoms with van der Waals surface area (Å²) >= 11 is 0. The zero-order chi connectivity index (χ0) is 90.4. The highest BCUT2D eigenvalue weighted by Gasteiger charge is 2.24. The monoisotopic (exact) mass is 1750 g/mol. The summed E-state index contributed by atoms with van der Waals surface area (Å²) < 4.78 is 18.6. The topological polar surface area (TPSA) is 102 Å². The minimum Gasteiger partial charge on any atom is -0.387 e. The van der Waals surface area contributed by atoms with Gasteiger partial charge in [-0.1, -0.05) is 237 Å². The van der Waals surface area contributed by atoms with Crippen LogP contribution in [-0.2, 0) is 0 Å². The fourth-order valence-corrected chi connectivity index (χ4v) is 20.0. The molecule has 27 rings (SSSR count). The standard InChI is InChI=1S/C31H21N3.2C31H23N3.C30H20N4/c1-2-8-25(9-3-1)34-28-12-5-4-10-26(28)30-29(34)18-15-23-19-21-33(31(23)30)24-16-13-22(14-17-24)27-11-6-7-20-32-27;1-2-8-26(9-3-1)34-28-11-5-4-10-27(28)30-29(34)17-14-23-18-20-33(31(23)30)25-15-12-22(13-16-25)24-7-6-19-32-21-24;1-2-20-32-21-18-23-12-15-25(16-13-23)33-22-19-24-14-17-29-30(31(24)33)27-10-6-7-11-28(27)34(29)26-8-4-3-5-9-26;1-2-6-24(7-3-1)34-26-9-5-4-8-25(26)29-27(34)12-10-22-16-19-33(30(22)29)28-13-11-23(20-32-28)21-14-17-31-18-15-21/h1-21H;1-18,20-21,32H,19H2;2-22H,1H2;1-20H/b;;21-18+,32-20?;. The van der Waals surface area contributed by atoms with E-state index < -0.39 is 0 Å². The molecule has 0 aliphatic carbocycles. The van der Waals surface area contributed by atoms with Gasteiger partial charge in [0.1, 0.15) is 5.82 Å². The van der Waals surface area contributed by atoms with Crippen molar-refractivity contribution in [1.29, 1.82) is 0 Å². The van der Waals surface area contributed by atoms with Gasteiger partial charge in [-0.15, -0.1) is 0 Å². The van der Waals surface area contributed by atoms with Crippen LogP contribution in [0.1, 0.15) is 11.1 Å². The van der Waals surface area contributed by atoms with Gasteiger partial charge in [0.2, 0.25) is 0 Å². The second kappa shape index (κ2) is 35.1. The van der Waals surface area contributed by atoms with E-state index in [0.717, 1.165) is 63.1 Å². The van der Waals surface area contributed by atoms with Crippen molar-refractivity contribution in [3.8, 4) is 68.0 Å². The molecule has 0 bridgehead atoms. The van der Waals surface area contributed by atoms with Gasteiger partial charge in [-0.05, 0) is 222 Å². The summed E-state index contributed by atoms with van der Waals surface area (Å²) in [5.74, 6) is 0.900. The SMILES string of the molecule is C1=CC(c2ccc(-n3ccc4ccc5c(c6ccccc6n5-c5ccccc5)c43)cc2)=CNC1.C=CC=N/C=C/c1ccc(-n2ccc3ccc4c(c5ccccc5n4-c4ccccc4)c32)cc1.c1ccc(-n2c3ccccc3c3c4c(ccc32)ccn4-c2ccc(-c3ccccn3)cc2)cc1.c1ccc(-n2c3ccccc3c3c4c(ccc32)ccn4-c2ccc(-c3ccncc3)cn2)cc1. The lowest BCUT2D eigenvalue weighted by Crippen LogP contribution is -2.08. The van der Waals surface area contributed by atoms with Crippen LogP contribution < -0.4 is 5.32 Å². The lowest BCUT2D eigenvalue weighted by molar-refractivity contribution is 0.976. The first kappa shape index (κ1) is 80.8. The molecule has 1 N–H and O–H groups in total. The number of para-hydroxylation sites is 8. The molecule has 1 aliphatic rings. The Balaban J connectivity index is 0.0000000991. The first-order valence-corrected chi connectivity index (χ1v) is 45.9. The van der Waals surface area contributed by atoms with Gasteiger partial charge in [0.25, 0.3) is 0 Å². The van der Waals surface area contributed by atoms with E-state index in [1.54, 1.807) is 18.5 Å². The molecular formula is C123H87N13. The molecule has 0 amide bonds. The van der Waals surface area contributed by atoms with Gasteiger partial charge in [0.05, 0.1) is 71.9 Å². The Labute approximate surface area is 784 Å². The van der Waals surface area contributed by atoms with Crippen LogP contribution in [0.3, 0.4) is 0 Å². The summed E-state index contributed by atoms with van der Waals surface area (Å²) in [4.78, 5) is 17.6. The molecule has 0 atom stereocenters. The average Bonchev–Trinajstić information content (AvgIpc) is 1.58. The maximum Gasteiger partial charge on any atom is 0.137 e. The van der Waals surface area contributed by atoms with Crippen LogP contribution in [0.2, 0.25) is 0 Å². The highest BCUT2D eigenvalue weighted by molar-refractivity contribution is 6.24. The van der Waals surface area contributed by atoms with Gasteiger partial charge in [0.15, 0.2) is 0 Å². The van der Waals surface area contributed by atoms with Crippen molar-refractivity contribution in [3.05, 3.63) is 504 Å². The van der Waals surface area contributed by atoms with Crippen LogP contribution in [0, 0.1) is 0 Å². The average molecular weight is 1750 g/mol. The minimum absolute atomic E-state index is 0.892. The molecule has 12 heterocycles. The fourth-order valence-electron chi connectivity index (χ4n) is 20.0. The van der Waals surface area contributed by atoms with Crippen LogP contribution >= 0.6 is 0 Å². The van der Waals surface area contributed by atoms with Crippen LogP contribution in [0.15, 0.2) is 498 Å². The molecule has 0 unspecified atom stereocenters. The normalized spacial score (nSPS) is 12.1. The Kier molecular flexibility index (Phi) is 20.9. The first-order chi connectivity index (χ1) is 67.5. The predicted molar refractivity (Wildman–Crippen MR) is 568 cm³/mol. The predicted octanol–water partition coefficient (Wildman–Crippen LogP) is 30.2. The molecule has 1 aliphatic heterocycles. The number of hydrogen-bond acceptors (Lipinski definition) is 5. The second-order valence-corrected chi connectivity index (χ2v) is 33.9. The molecule has 26 aromatic rings. The molecule has 0 fully saturated rings. The van der Waals surface area contributed by atoms with E-state index in [1.807, 2.05) is 61.2 Å². The molecule has 13 nitrogen and oxygen atoms in total. The van der Waals surface area contributed by atoms with Crippen molar-refractivity contribution >= 4 is 149 Å². The largest absolute Gasteiger partial charge is 0.387 e. The molecule has 15 aromatic carbocycles. The highest BCUT2D eigenvalue weighted by atomic mass is 15.1. The summed E-state index contributed by atoms with van der Waals surface area (Å²) in [5.41, 5.74) is 30.5. The summed E-state index contributed by atoms with van der Waals surface area (Å²) in [6.45, 7) is 4.53. The maximum atomic E-state index is 4.84. The van der Waals surface area contributed by atoms with Crippen LogP contribution in [0.4, 0.5) is 0 Å². The van der Waals surface area contributed by atoms with E-state index in [9.17, 15) is 0 Å². The fraction of sp³-hybridized carbons (Fsp3) is 0.00813. The number of benzene rings is 15. The highest BCUT2D eigenvalue weighted by Crippen LogP contribution is 2.45. The number of fused-ring (bicyclic) bond motifs is 20. The number of allylic oxidation sites excluding steroid dienone is 3. The maximum absolute atomic E-state index is 4.84. The van der Waals surface area contributed by atoms with Crippen LogP contribution in [-0.4, -0.2) is 64.2 Å². The summed E-state index contributed by atoms with van der Waals surface area (Å²) in [6, 6.07) is 144. The number of hydrogen-bond donors (Lipinski definition) is 1. The number of pyridine rings is 3. The van der Waals surface area contributed by atoms with Gasteiger partial charge in [0, 0.05) is 190 Å². The smallest absolute Gasteiger partial charge is 0.137 e. The minimum atomic E-state index is 0.892. The molecule has 0 saturated carbocycles. The molecule has 13 heteroatoms. The van der Waals surface area contributed by atoms with E-state index in [1.165, 1.54) is 159 Å². The Hall–Kier alpha value is -18.5. The molecule has 644 valence electrons. The van der Waals surface area contributed by atoms with E-state index in [0.29, 0.717) is 0 Å². The van der Waals surface area contributed by atoms with E-state index >= 15 is 0 Å². The number of nitrogens with zero attached hydrogens (tertiary/aromatic N) is 12. The van der Waals surface area contributed by atoms with Crippen LogP contribution in [0.5, 0.6) is 0 Å². The summed E-state index contributed by atoms with van der Waals surface area (Å²) in [6.07, 6.45) is 29.6. The van der Waals surface area contributed by atoms with E-state index in [2.05, 4.69) is 483 Å². The van der Waals surface area contributed by atoms with Gasteiger partial charge in [-0.2, -0.15) is 0 Å². The zero-order valence-corrected chi connectivity index (χ0v) is 74.1. The van der Waals surface area contributed by atoms with Crippen LogP contribution in [0.25, 0.3) is 210 Å². The van der Waals surface area contributed by atoms with Crippen molar-refractivity contribution in [2.45, 2.75) is 0 Å². The number of aromatic nitrogens is 11. The molecule has 11 aromatic heterocycles. The van der Waals surface area contributed by atoms with Gasteiger partial charge in [-0.3, -0.25) is 15.0 Å². The number of dihydropyridines is 1. The van der Waals surface area contributed by atoms with Crippen molar-refractivity contribution in [1.82, 2.24) is 56.8 Å². The lowest BCUT2D eigenvalue weighted by Gasteiger charge is -2.11. The van der Waals surface area contributed by atoms with E-state index in [-0.39, 0.29) is 0 Å². The Bertz CT molecular complexity index is 8830. The van der Waals surface area contributed by atoms with Crippen molar-refractivity contribution in [3.63, 3.8) is 0 Å². The molecule has 0 saturated heterocycles. The Morgan fingerprint density at radius 1 is 0.294 bits per heavy atom. The molecule has 0 radical (unpaired) electrons. The molecule has 0 spiro atoms. The summed E-state index contributed by atoms with van der Waals surface area (Å²) in [5, 5.41) is 18.3. The van der Waals surface area contributed by atoms with Gasteiger partial charge < -0.3 is 41.9 Å². The zero-order valence-electron chi connectivity index (χ0n) is 74.1. The molecular weight excluding hydrogens is 1660 g/mol. The van der Waals surface area contributed by atoms with Gasteiger partial charge >= 0.3 is 0 Å². The lowest BCUT2D eigenvalue weighted by atomic mass is 10.0. The summed E-state index contributed by atoms with van der Waals surface area (Å²) in [7, 11) is 0. The number of aliphatic imine (C=N–C) groups is 1. The first-order valence-electron chi connectivity index (χ1n) is 45.9. The Morgan fingerprint density at radius 3 is 1.05 bits per heavy atom. The van der Waals surface area contributed by atoms with Crippen molar-refractivity contribution < 1.29 is 0 Å². The Morgan fingerprint density at radius 2 is 0.669 bits per heavy atom.